The van der Waals surface area contributed by atoms with Crippen molar-refractivity contribution in [2.75, 3.05) is 26.3 Å². The maximum absolute atomic E-state index is 12.1. The highest BCUT2D eigenvalue weighted by Gasteiger charge is 2.22. The first-order valence-corrected chi connectivity index (χ1v) is 7.66. The number of hydrogen-bond donors (Lipinski definition) is 0. The molecule has 3 nitrogen and oxygen atoms in total. The molecular weight excluding hydrogens is 258 g/mol. The number of nitrogens with zero attached hydrogens (tertiary/aromatic N) is 1. The predicted molar refractivity (Wildman–Crippen MR) is 78.3 cm³/mol. The number of rotatable bonds is 6. The summed E-state index contributed by atoms with van der Waals surface area (Å²) >= 11 is 1.65. The van der Waals surface area contributed by atoms with Gasteiger partial charge in [-0.25, -0.2) is 0 Å². The summed E-state index contributed by atoms with van der Waals surface area (Å²) in [6.07, 6.45) is 4.43. The highest BCUT2D eigenvalue weighted by Crippen LogP contribution is 2.19. The summed E-state index contributed by atoms with van der Waals surface area (Å²) in [5, 5.41) is 2.02. The van der Waals surface area contributed by atoms with Crippen molar-refractivity contribution in [1.82, 2.24) is 4.90 Å². The molecule has 0 N–H and O–H groups in total. The molecule has 2 heterocycles. The van der Waals surface area contributed by atoms with E-state index in [0.717, 1.165) is 37.4 Å². The highest BCUT2D eigenvalue weighted by atomic mass is 32.1. The van der Waals surface area contributed by atoms with Gasteiger partial charge in [-0.05, 0) is 30.2 Å². The molecule has 2 rings (SSSR count). The van der Waals surface area contributed by atoms with Crippen molar-refractivity contribution in [1.29, 1.82) is 0 Å². The van der Waals surface area contributed by atoms with E-state index in [2.05, 4.69) is 6.58 Å². The number of amides is 1. The van der Waals surface area contributed by atoms with E-state index in [4.69, 9.17) is 4.74 Å². The average molecular weight is 279 g/mol. The lowest BCUT2D eigenvalue weighted by Crippen LogP contribution is -2.40. The molecule has 0 aliphatic carbocycles. The van der Waals surface area contributed by atoms with Gasteiger partial charge < -0.3 is 9.64 Å². The van der Waals surface area contributed by atoms with Crippen LogP contribution in [0.4, 0.5) is 0 Å². The molecular formula is C15H21NO2S. The zero-order valence-corrected chi connectivity index (χ0v) is 12.0. The van der Waals surface area contributed by atoms with Gasteiger partial charge in [-0.15, -0.1) is 17.9 Å². The minimum Gasteiger partial charge on any atom is -0.377 e. The van der Waals surface area contributed by atoms with E-state index in [1.54, 1.807) is 17.4 Å². The van der Waals surface area contributed by atoms with Crippen LogP contribution in [0.1, 0.15) is 17.7 Å². The molecule has 1 fully saturated rings. The first-order valence-electron chi connectivity index (χ1n) is 6.78. The van der Waals surface area contributed by atoms with Gasteiger partial charge in [0.15, 0.2) is 0 Å². The van der Waals surface area contributed by atoms with Crippen molar-refractivity contribution in [3.8, 4) is 0 Å². The van der Waals surface area contributed by atoms with Crippen molar-refractivity contribution in [2.45, 2.75) is 19.3 Å². The number of likely N-dealkylation sites (tertiary alicyclic amines) is 1. The number of hydrogen-bond acceptors (Lipinski definition) is 3. The van der Waals surface area contributed by atoms with Gasteiger partial charge >= 0.3 is 0 Å². The molecule has 1 aliphatic heterocycles. The topological polar surface area (TPSA) is 29.5 Å². The lowest BCUT2D eigenvalue weighted by Gasteiger charge is -2.31. The van der Waals surface area contributed by atoms with Gasteiger partial charge in [0.1, 0.15) is 0 Å². The maximum atomic E-state index is 12.1. The predicted octanol–water partition coefficient (Wildman–Crippen LogP) is 2.73. The number of thiophene rings is 1. The molecule has 1 aromatic rings. The lowest BCUT2D eigenvalue weighted by molar-refractivity contribution is -0.132. The smallest absolute Gasteiger partial charge is 0.227 e. The molecule has 104 valence electrons. The fourth-order valence-electron chi connectivity index (χ4n) is 2.34. The van der Waals surface area contributed by atoms with E-state index >= 15 is 0 Å². The number of carbonyl (C=O) groups is 1. The number of ether oxygens (including phenoxy) is 1. The van der Waals surface area contributed by atoms with Gasteiger partial charge in [0.2, 0.25) is 5.91 Å². The van der Waals surface area contributed by atoms with Crippen LogP contribution in [-0.4, -0.2) is 37.1 Å². The zero-order chi connectivity index (χ0) is 13.5. The van der Waals surface area contributed by atoms with Crippen LogP contribution in [0, 0.1) is 5.92 Å². The first-order chi connectivity index (χ1) is 9.29. The van der Waals surface area contributed by atoms with Crippen LogP contribution < -0.4 is 0 Å². The molecule has 1 saturated heterocycles. The maximum Gasteiger partial charge on any atom is 0.227 e. The van der Waals surface area contributed by atoms with E-state index in [1.807, 2.05) is 22.4 Å². The van der Waals surface area contributed by atoms with Crippen LogP contribution in [0.3, 0.4) is 0 Å². The molecule has 1 aliphatic rings. The van der Waals surface area contributed by atoms with Crippen LogP contribution in [0.2, 0.25) is 0 Å². The Hall–Kier alpha value is -1.13. The van der Waals surface area contributed by atoms with E-state index in [-0.39, 0.29) is 5.91 Å². The van der Waals surface area contributed by atoms with Gasteiger partial charge in [-0.1, -0.05) is 12.1 Å². The second-order valence-corrected chi connectivity index (χ2v) is 5.94. The van der Waals surface area contributed by atoms with Crippen LogP contribution in [-0.2, 0) is 16.0 Å². The van der Waals surface area contributed by atoms with Gasteiger partial charge in [0.25, 0.3) is 0 Å². The summed E-state index contributed by atoms with van der Waals surface area (Å²) in [4.78, 5) is 15.3. The number of piperidine rings is 1. The molecule has 0 saturated carbocycles. The molecule has 1 aromatic heterocycles. The van der Waals surface area contributed by atoms with Gasteiger partial charge in [-0.2, -0.15) is 0 Å². The molecule has 0 unspecified atom stereocenters. The number of carbonyl (C=O) groups excluding carboxylic acids is 1. The van der Waals surface area contributed by atoms with E-state index in [0.29, 0.717) is 18.9 Å². The van der Waals surface area contributed by atoms with E-state index < -0.39 is 0 Å². The molecule has 19 heavy (non-hydrogen) atoms. The molecule has 0 aromatic carbocycles. The summed E-state index contributed by atoms with van der Waals surface area (Å²) in [5.74, 6) is 0.846. The minimum atomic E-state index is 0.257. The Bertz CT molecular complexity index is 394. The Morgan fingerprint density at radius 1 is 1.53 bits per heavy atom. The van der Waals surface area contributed by atoms with Crippen LogP contribution in [0.15, 0.2) is 30.2 Å². The Balaban J connectivity index is 1.70. The summed E-state index contributed by atoms with van der Waals surface area (Å²) < 4.78 is 5.48. The Morgan fingerprint density at radius 2 is 2.32 bits per heavy atom. The standard InChI is InChI=1S/C15H21NO2S/c1-2-9-18-12-13-5-7-16(8-6-13)15(17)11-14-4-3-10-19-14/h2-4,10,13H,1,5-9,11-12H2. The van der Waals surface area contributed by atoms with Gasteiger partial charge in [0, 0.05) is 24.6 Å². The van der Waals surface area contributed by atoms with E-state index in [1.165, 1.54) is 0 Å². The second-order valence-electron chi connectivity index (χ2n) is 4.91. The largest absolute Gasteiger partial charge is 0.377 e. The summed E-state index contributed by atoms with van der Waals surface area (Å²) in [5.41, 5.74) is 0. The molecule has 0 atom stereocenters. The lowest BCUT2D eigenvalue weighted by atomic mass is 9.97. The van der Waals surface area contributed by atoms with Crippen molar-refractivity contribution < 1.29 is 9.53 Å². The third-order valence-corrected chi connectivity index (χ3v) is 4.34. The highest BCUT2D eigenvalue weighted by molar-refractivity contribution is 7.10. The van der Waals surface area contributed by atoms with Crippen molar-refractivity contribution in [2.24, 2.45) is 5.92 Å². The average Bonchev–Trinajstić information content (AvgIpc) is 2.93. The summed E-state index contributed by atoms with van der Waals surface area (Å²) in [6, 6.07) is 4.02. The molecule has 4 heteroatoms. The summed E-state index contributed by atoms with van der Waals surface area (Å²) in [6.45, 7) is 6.79. The molecule has 0 spiro atoms. The zero-order valence-electron chi connectivity index (χ0n) is 11.2. The summed E-state index contributed by atoms with van der Waals surface area (Å²) in [7, 11) is 0. The van der Waals surface area contributed by atoms with Crippen LogP contribution >= 0.6 is 11.3 Å². The van der Waals surface area contributed by atoms with Crippen molar-refractivity contribution >= 4 is 17.2 Å². The van der Waals surface area contributed by atoms with Crippen LogP contribution in [0.25, 0.3) is 0 Å². The molecule has 0 radical (unpaired) electrons. The first kappa shape index (κ1) is 14.3. The Labute approximate surface area is 118 Å². The Kier molecular flexibility index (Phi) is 5.61. The SMILES string of the molecule is C=CCOCC1CCN(C(=O)Cc2cccs2)CC1. The molecule has 1 amide bonds. The minimum absolute atomic E-state index is 0.257. The van der Waals surface area contributed by atoms with Crippen molar-refractivity contribution in [3.63, 3.8) is 0 Å². The third kappa shape index (κ3) is 4.48. The normalized spacial score (nSPS) is 16.5. The second kappa shape index (κ2) is 7.46. The molecule has 0 bridgehead atoms. The van der Waals surface area contributed by atoms with Crippen molar-refractivity contribution in [3.05, 3.63) is 35.0 Å². The fourth-order valence-corrected chi connectivity index (χ4v) is 3.04. The van der Waals surface area contributed by atoms with Crippen LogP contribution in [0.5, 0.6) is 0 Å². The van der Waals surface area contributed by atoms with Gasteiger partial charge in [-0.3, -0.25) is 4.79 Å². The third-order valence-electron chi connectivity index (χ3n) is 3.46. The van der Waals surface area contributed by atoms with E-state index in [9.17, 15) is 4.79 Å². The Morgan fingerprint density at radius 3 is 2.95 bits per heavy atom. The quantitative estimate of drug-likeness (QED) is 0.592. The monoisotopic (exact) mass is 279 g/mol. The van der Waals surface area contributed by atoms with Gasteiger partial charge in [0.05, 0.1) is 13.0 Å². The fraction of sp³-hybridized carbons (Fsp3) is 0.533.